The molecular weight excluding hydrogens is 424 g/mol. The van der Waals surface area contributed by atoms with Crippen LogP contribution in [-0.4, -0.2) is 49.6 Å². The second-order valence-corrected chi connectivity index (χ2v) is 8.70. The Hall–Kier alpha value is -3.01. The molecule has 9 heteroatoms. The van der Waals surface area contributed by atoms with E-state index in [2.05, 4.69) is 26.7 Å². The van der Waals surface area contributed by atoms with E-state index in [1.165, 1.54) is 11.1 Å². The Morgan fingerprint density at radius 1 is 1.28 bits per heavy atom. The number of rotatable bonds is 8. The molecule has 3 N–H and O–H groups in total. The average Bonchev–Trinajstić information content (AvgIpc) is 3.30. The van der Waals surface area contributed by atoms with Gasteiger partial charge in [0.15, 0.2) is 0 Å². The molecule has 3 heterocycles. The first-order valence-electron chi connectivity index (χ1n) is 10.6. The molecule has 0 aliphatic carbocycles. The predicted octanol–water partition coefficient (Wildman–Crippen LogP) is 3.08. The van der Waals surface area contributed by atoms with Crippen LogP contribution in [0, 0.1) is 0 Å². The third-order valence-electron chi connectivity index (χ3n) is 5.47. The number of nitrogens with two attached hydrogens (primary N) is 1. The number of nitrogen functional groups attached to an aromatic ring is 1. The van der Waals surface area contributed by atoms with Gasteiger partial charge >= 0.3 is 0 Å². The molecule has 0 saturated heterocycles. The van der Waals surface area contributed by atoms with Crippen LogP contribution in [-0.2, 0) is 11.3 Å². The van der Waals surface area contributed by atoms with Crippen LogP contribution in [0.1, 0.15) is 33.3 Å². The van der Waals surface area contributed by atoms with E-state index < -0.39 is 0 Å². The van der Waals surface area contributed by atoms with Gasteiger partial charge in [0.2, 0.25) is 5.95 Å². The highest BCUT2D eigenvalue weighted by molar-refractivity contribution is 7.10. The molecule has 0 spiro atoms. The number of aromatic nitrogens is 2. The van der Waals surface area contributed by atoms with Crippen molar-refractivity contribution in [1.29, 1.82) is 0 Å². The molecule has 0 radical (unpaired) electrons. The summed E-state index contributed by atoms with van der Waals surface area (Å²) < 4.78 is 6.28. The van der Waals surface area contributed by atoms with Crippen molar-refractivity contribution >= 4 is 34.7 Å². The maximum absolute atomic E-state index is 13.3. The molecule has 0 bridgehead atoms. The third kappa shape index (κ3) is 4.90. The molecule has 1 atom stereocenters. The van der Waals surface area contributed by atoms with Crippen molar-refractivity contribution < 1.29 is 9.53 Å². The number of likely N-dealkylation sites (N-methyl/N-ethyl adjacent to an activating group) is 1. The van der Waals surface area contributed by atoms with Gasteiger partial charge < -0.3 is 25.6 Å². The van der Waals surface area contributed by atoms with Gasteiger partial charge in [-0.25, -0.2) is 4.98 Å². The molecule has 0 fully saturated rings. The SMILES string of the molecule is CNCC[C@H](OCc1cccc(N2CCN(C)c3nc(N)ncc3C2=O)c1)c1cccs1. The monoisotopic (exact) mass is 452 g/mol. The van der Waals surface area contributed by atoms with Crippen molar-refractivity contribution in [1.82, 2.24) is 15.3 Å². The molecule has 3 aromatic rings. The summed E-state index contributed by atoms with van der Waals surface area (Å²) in [6.45, 7) is 2.53. The number of carbonyl (C=O) groups is 1. The second kappa shape index (κ2) is 10.1. The first-order valence-corrected chi connectivity index (χ1v) is 11.5. The molecule has 32 heavy (non-hydrogen) atoms. The largest absolute Gasteiger partial charge is 0.368 e. The summed E-state index contributed by atoms with van der Waals surface area (Å²) in [7, 11) is 3.85. The Labute approximate surface area is 192 Å². The Kier molecular flexibility index (Phi) is 6.99. The lowest BCUT2D eigenvalue weighted by Gasteiger charge is -2.22. The van der Waals surface area contributed by atoms with Gasteiger partial charge in [-0.2, -0.15) is 4.98 Å². The van der Waals surface area contributed by atoms with Crippen LogP contribution >= 0.6 is 11.3 Å². The lowest BCUT2D eigenvalue weighted by Crippen LogP contribution is -2.33. The van der Waals surface area contributed by atoms with Gasteiger partial charge in [-0.15, -0.1) is 11.3 Å². The van der Waals surface area contributed by atoms with Crippen LogP contribution < -0.4 is 20.9 Å². The average molecular weight is 453 g/mol. The van der Waals surface area contributed by atoms with Crippen molar-refractivity contribution in [2.24, 2.45) is 0 Å². The van der Waals surface area contributed by atoms with E-state index in [4.69, 9.17) is 10.5 Å². The number of nitrogens with one attached hydrogen (secondary N) is 1. The van der Waals surface area contributed by atoms with E-state index in [0.717, 1.165) is 24.2 Å². The number of fused-ring (bicyclic) bond motifs is 1. The fourth-order valence-electron chi connectivity index (χ4n) is 3.75. The number of hydrogen-bond donors (Lipinski definition) is 2. The van der Waals surface area contributed by atoms with E-state index in [1.54, 1.807) is 16.2 Å². The Morgan fingerprint density at radius 3 is 2.94 bits per heavy atom. The zero-order valence-corrected chi connectivity index (χ0v) is 19.1. The summed E-state index contributed by atoms with van der Waals surface area (Å²) in [5.74, 6) is 0.593. The van der Waals surface area contributed by atoms with Gasteiger partial charge in [0.25, 0.3) is 5.91 Å². The van der Waals surface area contributed by atoms with Gasteiger partial charge in [-0.1, -0.05) is 18.2 Å². The highest BCUT2D eigenvalue weighted by Crippen LogP contribution is 2.29. The van der Waals surface area contributed by atoms with Crippen LogP contribution in [0.3, 0.4) is 0 Å². The first-order chi connectivity index (χ1) is 15.6. The minimum atomic E-state index is -0.132. The molecule has 2 aromatic heterocycles. The summed E-state index contributed by atoms with van der Waals surface area (Å²) in [5.41, 5.74) is 8.04. The Bertz CT molecular complexity index is 1060. The van der Waals surface area contributed by atoms with Gasteiger partial charge in [0.05, 0.1) is 12.7 Å². The number of anilines is 3. The normalized spacial score (nSPS) is 14.9. The van der Waals surface area contributed by atoms with Crippen molar-refractivity contribution in [3.8, 4) is 0 Å². The Morgan fingerprint density at radius 2 is 2.16 bits per heavy atom. The minimum absolute atomic E-state index is 0.0362. The summed E-state index contributed by atoms with van der Waals surface area (Å²) >= 11 is 1.71. The molecule has 4 rings (SSSR count). The maximum atomic E-state index is 13.3. The van der Waals surface area contributed by atoms with Gasteiger partial charge in [0.1, 0.15) is 11.4 Å². The van der Waals surface area contributed by atoms with E-state index >= 15 is 0 Å². The first kappa shape index (κ1) is 22.2. The van der Waals surface area contributed by atoms with E-state index in [-0.39, 0.29) is 18.0 Å². The summed E-state index contributed by atoms with van der Waals surface area (Å²) in [4.78, 5) is 26.5. The van der Waals surface area contributed by atoms with Crippen LogP contribution in [0.5, 0.6) is 0 Å². The quantitative estimate of drug-likeness (QED) is 0.542. The van der Waals surface area contributed by atoms with Crippen molar-refractivity contribution in [2.45, 2.75) is 19.1 Å². The smallest absolute Gasteiger partial charge is 0.263 e. The maximum Gasteiger partial charge on any atom is 0.263 e. The fourth-order valence-corrected chi connectivity index (χ4v) is 4.55. The number of nitrogens with zero attached hydrogens (tertiary/aromatic N) is 4. The van der Waals surface area contributed by atoms with Crippen LogP contribution in [0.4, 0.5) is 17.5 Å². The fraction of sp³-hybridized carbons (Fsp3) is 0.348. The zero-order chi connectivity index (χ0) is 22.5. The number of ether oxygens (including phenoxy) is 1. The van der Waals surface area contributed by atoms with Crippen molar-refractivity contribution in [3.63, 3.8) is 0 Å². The predicted molar refractivity (Wildman–Crippen MR) is 128 cm³/mol. The molecular formula is C23H28N6O2S. The van der Waals surface area contributed by atoms with E-state index in [9.17, 15) is 4.79 Å². The standard InChI is InChI=1S/C23H28N6O2S/c1-25-9-8-19(20-7-4-12-32-20)31-15-16-5-3-6-17(13-16)29-11-10-28(2)21-18(22(29)30)14-26-23(24)27-21/h3-7,12-14,19,25H,8-11,15H2,1-2H3,(H2,24,26,27)/t19-/m0/s1. The third-order valence-corrected chi connectivity index (χ3v) is 6.44. The molecule has 8 nitrogen and oxygen atoms in total. The number of amides is 1. The lowest BCUT2D eigenvalue weighted by atomic mass is 10.1. The van der Waals surface area contributed by atoms with Gasteiger partial charge in [0, 0.05) is 36.9 Å². The highest BCUT2D eigenvalue weighted by Gasteiger charge is 2.28. The summed E-state index contributed by atoms with van der Waals surface area (Å²) in [5, 5.41) is 5.27. The minimum Gasteiger partial charge on any atom is -0.368 e. The van der Waals surface area contributed by atoms with E-state index in [0.29, 0.717) is 31.1 Å². The van der Waals surface area contributed by atoms with Crippen molar-refractivity contribution in [2.75, 3.05) is 49.3 Å². The van der Waals surface area contributed by atoms with Crippen LogP contribution in [0.15, 0.2) is 48.0 Å². The second-order valence-electron chi connectivity index (χ2n) is 7.72. The molecule has 1 aliphatic rings. The molecule has 1 aromatic carbocycles. The number of thiophene rings is 1. The summed E-state index contributed by atoms with van der Waals surface area (Å²) in [6, 6.07) is 12.1. The molecule has 0 unspecified atom stereocenters. The molecule has 1 amide bonds. The molecule has 168 valence electrons. The number of benzene rings is 1. The lowest BCUT2D eigenvalue weighted by molar-refractivity contribution is 0.0367. The number of carbonyl (C=O) groups excluding carboxylic acids is 1. The van der Waals surface area contributed by atoms with Gasteiger partial charge in [-0.3, -0.25) is 4.79 Å². The summed E-state index contributed by atoms with van der Waals surface area (Å²) in [6.07, 6.45) is 2.44. The Balaban J connectivity index is 1.52. The molecule has 1 aliphatic heterocycles. The number of hydrogen-bond acceptors (Lipinski definition) is 8. The van der Waals surface area contributed by atoms with Crippen molar-refractivity contribution in [3.05, 3.63) is 64.0 Å². The zero-order valence-electron chi connectivity index (χ0n) is 18.3. The topological polar surface area (TPSA) is 96.6 Å². The van der Waals surface area contributed by atoms with Crippen LogP contribution in [0.25, 0.3) is 0 Å². The van der Waals surface area contributed by atoms with Gasteiger partial charge in [-0.05, 0) is 49.2 Å². The van der Waals surface area contributed by atoms with E-state index in [1.807, 2.05) is 49.3 Å². The van der Waals surface area contributed by atoms with Crippen LogP contribution in [0.2, 0.25) is 0 Å². The molecule has 0 saturated carbocycles. The highest BCUT2D eigenvalue weighted by atomic mass is 32.1.